The maximum Gasteiger partial charge on any atom is 0.251 e. The fraction of sp³-hybridized carbons (Fsp3) is 0.250. The van der Waals surface area contributed by atoms with Crippen LogP contribution in [-0.4, -0.2) is 14.1 Å². The average molecular weight is 478 g/mol. The van der Waals surface area contributed by atoms with Crippen LogP contribution in [0.2, 0.25) is 0 Å². The highest BCUT2D eigenvalue weighted by atomic mass is 16.1. The molecule has 0 saturated heterocycles. The summed E-state index contributed by atoms with van der Waals surface area (Å²) >= 11 is 0. The molecule has 36 heavy (non-hydrogen) atoms. The lowest BCUT2D eigenvalue weighted by atomic mass is 9.73. The summed E-state index contributed by atoms with van der Waals surface area (Å²) in [6.45, 7) is 10.5. The molecule has 5 aromatic rings. The lowest BCUT2D eigenvalue weighted by Gasteiger charge is -2.32. The van der Waals surface area contributed by atoms with Gasteiger partial charge in [-0.2, -0.15) is 0 Å². The van der Waals surface area contributed by atoms with Gasteiger partial charge >= 0.3 is 0 Å². The SMILES string of the molecule is CC.Cc1ccc(-c2cc(=O)n(C)c3ccc(C(C)(c4ccccc4)c4cncn4C)cc23)cc1C. The maximum atomic E-state index is 12.9. The van der Waals surface area contributed by atoms with Crippen LogP contribution in [0.1, 0.15) is 48.7 Å². The zero-order valence-corrected chi connectivity index (χ0v) is 22.3. The van der Waals surface area contributed by atoms with Crippen LogP contribution in [-0.2, 0) is 19.5 Å². The summed E-state index contributed by atoms with van der Waals surface area (Å²) < 4.78 is 3.82. The van der Waals surface area contributed by atoms with Crippen molar-refractivity contribution in [3.8, 4) is 11.1 Å². The van der Waals surface area contributed by atoms with E-state index in [2.05, 4.69) is 91.0 Å². The standard InChI is InChI=1S/C30H29N3O.C2H6/c1-20-11-12-22(15-21(20)2)25-17-29(34)33(5)27-14-13-24(16-26(25)27)30(3,23-9-7-6-8-10-23)28-18-31-19-32(28)4;1-2/h6-19H,1-5H3;1-2H3. The maximum absolute atomic E-state index is 12.9. The summed E-state index contributed by atoms with van der Waals surface area (Å²) in [5, 5.41) is 1.06. The van der Waals surface area contributed by atoms with Gasteiger partial charge < -0.3 is 9.13 Å². The molecule has 1 unspecified atom stereocenters. The summed E-state index contributed by atoms with van der Waals surface area (Å²) in [5.74, 6) is 0. The Kier molecular flexibility index (Phi) is 6.98. The number of fused-ring (bicyclic) bond motifs is 1. The molecule has 184 valence electrons. The highest BCUT2D eigenvalue weighted by molar-refractivity contribution is 5.95. The summed E-state index contributed by atoms with van der Waals surface area (Å²) in [6.07, 6.45) is 3.80. The summed E-state index contributed by atoms with van der Waals surface area (Å²) in [5.41, 5.74) is 8.42. The molecular formula is C32H35N3O. The van der Waals surface area contributed by atoms with Crippen molar-refractivity contribution in [3.63, 3.8) is 0 Å². The monoisotopic (exact) mass is 477 g/mol. The van der Waals surface area contributed by atoms with Crippen molar-refractivity contribution in [1.82, 2.24) is 14.1 Å². The predicted molar refractivity (Wildman–Crippen MR) is 151 cm³/mol. The van der Waals surface area contributed by atoms with Crippen LogP contribution >= 0.6 is 0 Å². The minimum atomic E-state index is -0.421. The Labute approximate surface area is 213 Å². The molecule has 0 aliphatic carbocycles. The van der Waals surface area contributed by atoms with E-state index in [1.54, 1.807) is 10.6 Å². The van der Waals surface area contributed by atoms with E-state index < -0.39 is 5.41 Å². The van der Waals surface area contributed by atoms with Crippen LogP contribution in [0.15, 0.2) is 90.1 Å². The molecule has 5 rings (SSSR count). The largest absolute Gasteiger partial charge is 0.337 e. The second kappa shape index (κ2) is 9.98. The van der Waals surface area contributed by atoms with E-state index in [0.29, 0.717) is 0 Å². The first-order valence-corrected chi connectivity index (χ1v) is 12.5. The number of benzene rings is 3. The number of aromatic nitrogens is 3. The summed E-state index contributed by atoms with van der Waals surface area (Å²) in [7, 11) is 3.88. The van der Waals surface area contributed by atoms with Gasteiger partial charge in [0.05, 0.1) is 23.0 Å². The molecule has 0 spiro atoms. The van der Waals surface area contributed by atoms with E-state index in [0.717, 1.165) is 33.3 Å². The predicted octanol–water partition coefficient (Wildman–Crippen LogP) is 6.94. The van der Waals surface area contributed by atoms with E-state index in [-0.39, 0.29) is 5.56 Å². The van der Waals surface area contributed by atoms with E-state index in [1.165, 1.54) is 16.7 Å². The zero-order valence-electron chi connectivity index (χ0n) is 22.3. The second-order valence-electron chi connectivity index (χ2n) is 9.37. The molecule has 0 fully saturated rings. The molecule has 0 aliphatic rings. The van der Waals surface area contributed by atoms with Gasteiger partial charge in [-0.05, 0) is 66.3 Å². The fourth-order valence-corrected chi connectivity index (χ4v) is 4.99. The third kappa shape index (κ3) is 4.17. The number of hydrogen-bond acceptors (Lipinski definition) is 2. The van der Waals surface area contributed by atoms with Crippen LogP contribution in [0.4, 0.5) is 0 Å². The Hall–Kier alpha value is -3.92. The number of imidazole rings is 1. The van der Waals surface area contributed by atoms with Crippen molar-refractivity contribution < 1.29 is 0 Å². The second-order valence-corrected chi connectivity index (χ2v) is 9.37. The minimum Gasteiger partial charge on any atom is -0.337 e. The number of aryl methyl sites for hydroxylation is 4. The molecule has 2 aromatic heterocycles. The van der Waals surface area contributed by atoms with Gasteiger partial charge in [0, 0.05) is 31.7 Å². The fourth-order valence-electron chi connectivity index (χ4n) is 4.99. The van der Waals surface area contributed by atoms with Crippen molar-refractivity contribution in [2.75, 3.05) is 0 Å². The van der Waals surface area contributed by atoms with Gasteiger partial charge in [0.1, 0.15) is 0 Å². The van der Waals surface area contributed by atoms with Crippen LogP contribution in [0.3, 0.4) is 0 Å². The van der Waals surface area contributed by atoms with Crippen molar-refractivity contribution >= 4 is 10.9 Å². The molecule has 0 radical (unpaired) electrons. The number of hydrogen-bond donors (Lipinski definition) is 0. The molecule has 0 aliphatic heterocycles. The van der Waals surface area contributed by atoms with Gasteiger partial charge in [0.25, 0.3) is 5.56 Å². The molecule has 0 N–H and O–H groups in total. The number of rotatable bonds is 4. The molecular weight excluding hydrogens is 442 g/mol. The molecule has 4 nitrogen and oxygen atoms in total. The van der Waals surface area contributed by atoms with Crippen molar-refractivity contribution in [2.24, 2.45) is 14.1 Å². The van der Waals surface area contributed by atoms with Gasteiger partial charge in [-0.25, -0.2) is 4.98 Å². The van der Waals surface area contributed by atoms with Gasteiger partial charge in [-0.1, -0.05) is 68.4 Å². The Morgan fingerprint density at radius 2 is 1.53 bits per heavy atom. The van der Waals surface area contributed by atoms with Crippen molar-refractivity contribution in [2.45, 2.75) is 40.0 Å². The van der Waals surface area contributed by atoms with E-state index >= 15 is 0 Å². The first-order chi connectivity index (χ1) is 17.3. The Balaban J connectivity index is 0.00000148. The molecule has 0 amide bonds. The average Bonchev–Trinajstić information content (AvgIpc) is 3.35. The normalized spacial score (nSPS) is 12.6. The lowest BCUT2D eigenvalue weighted by molar-refractivity contribution is 0.626. The lowest BCUT2D eigenvalue weighted by Crippen LogP contribution is -2.28. The number of pyridine rings is 1. The van der Waals surface area contributed by atoms with Gasteiger partial charge in [0.2, 0.25) is 0 Å². The smallest absolute Gasteiger partial charge is 0.251 e. The number of nitrogens with zero attached hydrogens (tertiary/aromatic N) is 3. The molecule has 1 atom stereocenters. The first kappa shape index (κ1) is 25.2. The molecule has 0 bridgehead atoms. The molecule has 4 heteroatoms. The first-order valence-electron chi connectivity index (χ1n) is 12.5. The van der Waals surface area contributed by atoms with E-state index in [9.17, 15) is 4.79 Å². The Morgan fingerprint density at radius 1 is 0.806 bits per heavy atom. The topological polar surface area (TPSA) is 39.8 Å². The van der Waals surface area contributed by atoms with Crippen LogP contribution in [0, 0.1) is 13.8 Å². The van der Waals surface area contributed by atoms with Gasteiger partial charge in [0.15, 0.2) is 0 Å². The summed E-state index contributed by atoms with van der Waals surface area (Å²) in [4.78, 5) is 17.3. The third-order valence-electron chi connectivity index (χ3n) is 7.32. The Bertz CT molecular complexity index is 1580. The Morgan fingerprint density at radius 3 is 2.17 bits per heavy atom. The van der Waals surface area contributed by atoms with Gasteiger partial charge in [-0.15, -0.1) is 0 Å². The van der Waals surface area contributed by atoms with E-state index in [1.807, 2.05) is 46.5 Å². The van der Waals surface area contributed by atoms with Crippen LogP contribution < -0.4 is 5.56 Å². The summed E-state index contributed by atoms with van der Waals surface area (Å²) in [6, 6.07) is 25.2. The molecule has 2 heterocycles. The minimum absolute atomic E-state index is 0.00839. The molecule has 0 saturated carbocycles. The molecule has 3 aromatic carbocycles. The van der Waals surface area contributed by atoms with Crippen LogP contribution in [0.25, 0.3) is 22.0 Å². The van der Waals surface area contributed by atoms with Crippen LogP contribution in [0.5, 0.6) is 0 Å². The highest BCUT2D eigenvalue weighted by Crippen LogP contribution is 2.40. The quantitative estimate of drug-likeness (QED) is 0.281. The van der Waals surface area contributed by atoms with Crippen molar-refractivity contribution in [1.29, 1.82) is 0 Å². The zero-order chi connectivity index (χ0) is 26.0. The highest BCUT2D eigenvalue weighted by Gasteiger charge is 2.34. The third-order valence-corrected chi connectivity index (χ3v) is 7.32. The van der Waals surface area contributed by atoms with Crippen molar-refractivity contribution in [3.05, 3.63) is 124 Å². The van der Waals surface area contributed by atoms with E-state index in [4.69, 9.17) is 0 Å². The van der Waals surface area contributed by atoms with Gasteiger partial charge in [-0.3, -0.25) is 4.79 Å².